The molecule has 2 N–H and O–H groups in total. The normalized spacial score (nSPS) is 19.0. The molecular formula is C10H18N4S. The lowest BCUT2D eigenvalue weighted by molar-refractivity contribution is 0.307. The average Bonchev–Trinajstić information content (AvgIpc) is 2.62. The molecule has 0 aliphatic carbocycles. The minimum Gasteiger partial charge on any atom is -0.343 e. The van der Waals surface area contributed by atoms with Crippen LogP contribution in [-0.4, -0.2) is 28.0 Å². The number of nitrogens with zero attached hydrogens (tertiary/aromatic N) is 3. The second kappa shape index (κ2) is 4.06. The minimum atomic E-state index is 0.0206. The van der Waals surface area contributed by atoms with Crippen molar-refractivity contribution in [2.75, 3.05) is 18.0 Å². The molecule has 1 saturated heterocycles. The quantitative estimate of drug-likeness (QED) is 0.843. The van der Waals surface area contributed by atoms with Crippen LogP contribution in [0.4, 0.5) is 5.13 Å². The Labute approximate surface area is 94.7 Å². The molecule has 5 heteroatoms. The largest absolute Gasteiger partial charge is 0.343 e. The van der Waals surface area contributed by atoms with E-state index in [1.54, 1.807) is 0 Å². The van der Waals surface area contributed by atoms with Crippen molar-refractivity contribution in [2.45, 2.75) is 38.6 Å². The molecule has 15 heavy (non-hydrogen) atoms. The van der Waals surface area contributed by atoms with Gasteiger partial charge in [-0.1, -0.05) is 20.3 Å². The van der Waals surface area contributed by atoms with Crippen LogP contribution in [0.1, 0.15) is 32.5 Å². The number of anilines is 1. The third-order valence-electron chi connectivity index (χ3n) is 2.80. The van der Waals surface area contributed by atoms with Crippen molar-refractivity contribution in [3.05, 3.63) is 5.82 Å². The molecule has 1 aromatic heterocycles. The molecule has 0 amide bonds. The van der Waals surface area contributed by atoms with Crippen molar-refractivity contribution in [3.63, 3.8) is 0 Å². The van der Waals surface area contributed by atoms with E-state index in [1.165, 1.54) is 11.5 Å². The fraction of sp³-hybridized carbons (Fsp3) is 0.800. The van der Waals surface area contributed by atoms with Crippen LogP contribution in [0.25, 0.3) is 0 Å². The summed E-state index contributed by atoms with van der Waals surface area (Å²) < 4.78 is 4.28. The summed E-state index contributed by atoms with van der Waals surface area (Å²) in [4.78, 5) is 6.68. The summed E-state index contributed by atoms with van der Waals surface area (Å²) in [7, 11) is 0. The zero-order valence-electron chi connectivity index (χ0n) is 9.36. The van der Waals surface area contributed by atoms with Crippen LogP contribution in [0.5, 0.6) is 0 Å². The fourth-order valence-electron chi connectivity index (χ4n) is 2.02. The lowest BCUT2D eigenvalue weighted by Crippen LogP contribution is -2.67. The lowest BCUT2D eigenvalue weighted by Gasteiger charge is -2.47. The van der Waals surface area contributed by atoms with Gasteiger partial charge in [0.05, 0.1) is 5.54 Å². The molecule has 1 aliphatic heterocycles. The standard InChI is InChI=1S/C10H18N4S/c1-3-5-10(11)6-14(7-10)9-12-8(4-2)13-15-9/h3-7,11H2,1-2H3. The Balaban J connectivity index is 1.93. The smallest absolute Gasteiger partial charge is 0.205 e. The summed E-state index contributed by atoms with van der Waals surface area (Å²) in [6.45, 7) is 6.11. The van der Waals surface area contributed by atoms with Crippen LogP contribution in [-0.2, 0) is 6.42 Å². The Morgan fingerprint density at radius 1 is 1.47 bits per heavy atom. The first-order valence-corrected chi connectivity index (χ1v) is 6.30. The predicted molar refractivity (Wildman–Crippen MR) is 63.3 cm³/mol. The van der Waals surface area contributed by atoms with Gasteiger partial charge in [0.15, 0.2) is 0 Å². The molecule has 2 rings (SSSR count). The Morgan fingerprint density at radius 2 is 2.20 bits per heavy atom. The van der Waals surface area contributed by atoms with Crippen molar-refractivity contribution >= 4 is 16.7 Å². The summed E-state index contributed by atoms with van der Waals surface area (Å²) in [5.74, 6) is 0.944. The summed E-state index contributed by atoms with van der Waals surface area (Å²) >= 11 is 1.49. The monoisotopic (exact) mass is 226 g/mol. The topological polar surface area (TPSA) is 55.0 Å². The molecule has 0 atom stereocenters. The van der Waals surface area contributed by atoms with E-state index in [9.17, 15) is 0 Å². The molecule has 0 spiro atoms. The van der Waals surface area contributed by atoms with E-state index in [0.717, 1.165) is 43.3 Å². The second-order valence-electron chi connectivity index (χ2n) is 4.32. The van der Waals surface area contributed by atoms with Crippen molar-refractivity contribution in [2.24, 2.45) is 5.73 Å². The van der Waals surface area contributed by atoms with Gasteiger partial charge in [-0.05, 0) is 6.42 Å². The van der Waals surface area contributed by atoms with E-state index in [0.29, 0.717) is 0 Å². The molecule has 0 bridgehead atoms. The second-order valence-corrected chi connectivity index (χ2v) is 5.05. The Bertz CT molecular complexity index is 330. The van der Waals surface area contributed by atoms with E-state index in [2.05, 4.69) is 28.1 Å². The molecule has 1 aliphatic rings. The van der Waals surface area contributed by atoms with Gasteiger partial charge in [-0.25, -0.2) is 4.98 Å². The average molecular weight is 226 g/mol. The number of aryl methyl sites for hydroxylation is 1. The van der Waals surface area contributed by atoms with Crippen LogP contribution in [0.2, 0.25) is 0 Å². The first kappa shape index (κ1) is 10.8. The molecule has 1 aromatic rings. The molecule has 0 saturated carbocycles. The zero-order chi connectivity index (χ0) is 10.9. The highest BCUT2D eigenvalue weighted by Gasteiger charge is 2.39. The molecule has 1 fully saturated rings. The van der Waals surface area contributed by atoms with Gasteiger partial charge in [0, 0.05) is 31.0 Å². The number of nitrogens with two attached hydrogens (primary N) is 1. The Hall–Kier alpha value is -0.680. The summed E-state index contributed by atoms with van der Waals surface area (Å²) in [5.41, 5.74) is 6.22. The van der Waals surface area contributed by atoms with Crippen LogP contribution < -0.4 is 10.6 Å². The number of rotatable bonds is 4. The van der Waals surface area contributed by atoms with Crippen molar-refractivity contribution < 1.29 is 0 Å². The Morgan fingerprint density at radius 3 is 2.73 bits per heavy atom. The SMILES string of the molecule is CCCC1(N)CN(c2nc(CC)ns2)C1. The van der Waals surface area contributed by atoms with E-state index < -0.39 is 0 Å². The Kier molecular flexibility index (Phi) is 2.93. The highest BCUT2D eigenvalue weighted by Crippen LogP contribution is 2.30. The van der Waals surface area contributed by atoms with E-state index in [4.69, 9.17) is 5.73 Å². The maximum Gasteiger partial charge on any atom is 0.205 e. The third-order valence-corrected chi connectivity index (χ3v) is 3.62. The summed E-state index contributed by atoms with van der Waals surface area (Å²) in [6, 6.07) is 0. The van der Waals surface area contributed by atoms with Gasteiger partial charge in [-0.2, -0.15) is 4.37 Å². The predicted octanol–water partition coefficient (Wildman–Crippen LogP) is 1.42. The van der Waals surface area contributed by atoms with Crippen LogP contribution in [0, 0.1) is 0 Å². The summed E-state index contributed by atoms with van der Waals surface area (Å²) in [5, 5.41) is 1.03. The van der Waals surface area contributed by atoms with Crippen LogP contribution >= 0.6 is 11.5 Å². The molecule has 0 unspecified atom stereocenters. The highest BCUT2D eigenvalue weighted by atomic mass is 32.1. The molecule has 2 heterocycles. The van der Waals surface area contributed by atoms with Gasteiger partial charge in [-0.15, -0.1) is 0 Å². The first-order chi connectivity index (χ1) is 7.17. The van der Waals surface area contributed by atoms with Crippen LogP contribution in [0.3, 0.4) is 0 Å². The van der Waals surface area contributed by atoms with Crippen molar-refractivity contribution in [1.82, 2.24) is 9.36 Å². The van der Waals surface area contributed by atoms with Crippen molar-refractivity contribution in [1.29, 1.82) is 0 Å². The third kappa shape index (κ3) is 2.13. The van der Waals surface area contributed by atoms with Gasteiger partial charge in [0.25, 0.3) is 0 Å². The lowest BCUT2D eigenvalue weighted by atomic mass is 9.87. The number of hydrogen-bond donors (Lipinski definition) is 1. The van der Waals surface area contributed by atoms with Gasteiger partial charge in [0.2, 0.25) is 5.13 Å². The molecule has 84 valence electrons. The van der Waals surface area contributed by atoms with E-state index in [-0.39, 0.29) is 5.54 Å². The van der Waals surface area contributed by atoms with Crippen molar-refractivity contribution in [3.8, 4) is 0 Å². The maximum absolute atomic E-state index is 6.20. The molecule has 4 nitrogen and oxygen atoms in total. The number of hydrogen-bond acceptors (Lipinski definition) is 5. The van der Waals surface area contributed by atoms with Crippen LogP contribution in [0.15, 0.2) is 0 Å². The fourth-order valence-corrected chi connectivity index (χ4v) is 2.77. The first-order valence-electron chi connectivity index (χ1n) is 5.53. The van der Waals surface area contributed by atoms with Gasteiger partial charge in [0.1, 0.15) is 5.82 Å². The molecular weight excluding hydrogens is 208 g/mol. The zero-order valence-corrected chi connectivity index (χ0v) is 10.2. The van der Waals surface area contributed by atoms with Gasteiger partial charge < -0.3 is 10.6 Å². The van der Waals surface area contributed by atoms with Gasteiger partial charge in [-0.3, -0.25) is 0 Å². The van der Waals surface area contributed by atoms with Gasteiger partial charge >= 0.3 is 0 Å². The minimum absolute atomic E-state index is 0.0206. The highest BCUT2D eigenvalue weighted by molar-refractivity contribution is 7.09. The maximum atomic E-state index is 6.20. The summed E-state index contributed by atoms with van der Waals surface area (Å²) in [6.07, 6.45) is 3.16. The van der Waals surface area contributed by atoms with E-state index >= 15 is 0 Å². The van der Waals surface area contributed by atoms with E-state index in [1.807, 2.05) is 0 Å². The molecule has 0 radical (unpaired) electrons. The number of aromatic nitrogens is 2. The molecule has 0 aromatic carbocycles.